The SMILES string of the molecule is COc1ccc(C(Br)c2cccc(C)c2I)cc1Cl. The predicted molar refractivity (Wildman–Crippen MR) is 92.7 cm³/mol. The maximum absolute atomic E-state index is 6.18. The fourth-order valence-electron chi connectivity index (χ4n) is 1.89. The summed E-state index contributed by atoms with van der Waals surface area (Å²) < 4.78 is 6.45. The van der Waals surface area contributed by atoms with Crippen LogP contribution in [0.1, 0.15) is 21.5 Å². The van der Waals surface area contributed by atoms with E-state index in [4.69, 9.17) is 16.3 Å². The van der Waals surface area contributed by atoms with Crippen LogP contribution in [0.4, 0.5) is 0 Å². The van der Waals surface area contributed by atoms with Gasteiger partial charge in [0.05, 0.1) is 17.0 Å². The van der Waals surface area contributed by atoms with E-state index in [0.717, 1.165) is 5.56 Å². The monoisotopic (exact) mass is 450 g/mol. The third-order valence-electron chi connectivity index (χ3n) is 2.96. The second-order valence-electron chi connectivity index (χ2n) is 4.23. The molecule has 0 saturated heterocycles. The molecule has 0 radical (unpaired) electrons. The fourth-order valence-corrected chi connectivity index (χ4v) is 3.92. The van der Waals surface area contributed by atoms with Crippen LogP contribution in [0.2, 0.25) is 5.02 Å². The van der Waals surface area contributed by atoms with E-state index in [1.165, 1.54) is 14.7 Å². The minimum absolute atomic E-state index is 0.128. The van der Waals surface area contributed by atoms with Crippen molar-refractivity contribution in [3.8, 4) is 5.75 Å². The maximum atomic E-state index is 6.18. The Balaban J connectivity index is 2.41. The number of methoxy groups -OCH3 is 1. The van der Waals surface area contributed by atoms with Gasteiger partial charge in [-0.25, -0.2) is 0 Å². The molecule has 2 rings (SSSR count). The molecule has 0 spiro atoms. The minimum Gasteiger partial charge on any atom is -0.495 e. The third-order valence-corrected chi connectivity index (χ3v) is 5.75. The summed E-state index contributed by atoms with van der Waals surface area (Å²) >= 11 is 12.3. The fraction of sp³-hybridized carbons (Fsp3) is 0.200. The smallest absolute Gasteiger partial charge is 0.137 e. The van der Waals surface area contributed by atoms with Gasteiger partial charge in [0.2, 0.25) is 0 Å². The average molecular weight is 452 g/mol. The Bertz CT molecular complexity index is 601. The van der Waals surface area contributed by atoms with Crippen molar-refractivity contribution in [1.82, 2.24) is 0 Å². The molecule has 2 aromatic carbocycles. The van der Waals surface area contributed by atoms with Gasteiger partial charge in [-0.1, -0.05) is 51.8 Å². The van der Waals surface area contributed by atoms with Gasteiger partial charge in [0.15, 0.2) is 0 Å². The van der Waals surface area contributed by atoms with Crippen LogP contribution in [0.3, 0.4) is 0 Å². The Kier molecular flexibility index (Phi) is 5.15. The van der Waals surface area contributed by atoms with Crippen molar-refractivity contribution in [1.29, 1.82) is 0 Å². The third kappa shape index (κ3) is 3.26. The van der Waals surface area contributed by atoms with Crippen LogP contribution < -0.4 is 4.74 Å². The van der Waals surface area contributed by atoms with Crippen LogP contribution in [0.5, 0.6) is 5.75 Å². The van der Waals surface area contributed by atoms with E-state index >= 15 is 0 Å². The zero-order valence-electron chi connectivity index (χ0n) is 10.6. The zero-order valence-corrected chi connectivity index (χ0v) is 15.1. The molecule has 0 N–H and O–H groups in total. The molecular formula is C15H13BrClIO. The number of halogens is 3. The second-order valence-corrected chi connectivity index (χ2v) is 6.64. The number of hydrogen-bond donors (Lipinski definition) is 0. The lowest BCUT2D eigenvalue weighted by atomic mass is 10.0. The zero-order chi connectivity index (χ0) is 14.0. The first-order valence-corrected chi connectivity index (χ1v) is 8.14. The van der Waals surface area contributed by atoms with Crippen molar-refractivity contribution >= 4 is 50.1 Å². The van der Waals surface area contributed by atoms with Gasteiger partial charge >= 0.3 is 0 Å². The molecule has 100 valence electrons. The van der Waals surface area contributed by atoms with Gasteiger partial charge in [0.1, 0.15) is 5.75 Å². The first kappa shape index (κ1) is 15.1. The average Bonchev–Trinajstić information content (AvgIpc) is 2.41. The van der Waals surface area contributed by atoms with Gasteiger partial charge in [-0.3, -0.25) is 0 Å². The van der Waals surface area contributed by atoms with Crippen LogP contribution in [-0.2, 0) is 0 Å². The molecule has 0 aromatic heterocycles. The molecule has 1 atom stereocenters. The molecule has 0 bridgehead atoms. The molecular weight excluding hydrogens is 438 g/mol. The minimum atomic E-state index is 0.128. The Morgan fingerprint density at radius 1 is 1.26 bits per heavy atom. The van der Waals surface area contributed by atoms with Crippen molar-refractivity contribution in [3.63, 3.8) is 0 Å². The lowest BCUT2D eigenvalue weighted by Crippen LogP contribution is -1.98. The molecule has 0 amide bonds. The van der Waals surface area contributed by atoms with Crippen molar-refractivity contribution in [2.24, 2.45) is 0 Å². The Morgan fingerprint density at radius 2 is 2.00 bits per heavy atom. The van der Waals surface area contributed by atoms with Crippen LogP contribution in [0.25, 0.3) is 0 Å². The van der Waals surface area contributed by atoms with E-state index in [1.54, 1.807) is 7.11 Å². The maximum Gasteiger partial charge on any atom is 0.137 e. The number of benzene rings is 2. The molecule has 0 aliphatic rings. The molecule has 4 heteroatoms. The van der Waals surface area contributed by atoms with Gasteiger partial charge in [0.25, 0.3) is 0 Å². The Morgan fingerprint density at radius 3 is 2.63 bits per heavy atom. The molecule has 0 aliphatic carbocycles. The molecule has 1 nitrogen and oxygen atoms in total. The summed E-state index contributed by atoms with van der Waals surface area (Å²) in [6.45, 7) is 2.12. The largest absolute Gasteiger partial charge is 0.495 e. The van der Waals surface area contributed by atoms with E-state index in [2.05, 4.69) is 63.6 Å². The summed E-state index contributed by atoms with van der Waals surface area (Å²) in [5.74, 6) is 0.698. The van der Waals surface area contributed by atoms with Crippen LogP contribution in [-0.4, -0.2) is 7.11 Å². The lowest BCUT2D eigenvalue weighted by Gasteiger charge is -2.15. The summed E-state index contributed by atoms with van der Waals surface area (Å²) in [4.78, 5) is 0.128. The number of ether oxygens (including phenoxy) is 1. The summed E-state index contributed by atoms with van der Waals surface area (Å²) in [6, 6.07) is 12.2. The summed E-state index contributed by atoms with van der Waals surface area (Å²) in [7, 11) is 1.62. The molecule has 0 fully saturated rings. The first-order valence-electron chi connectivity index (χ1n) is 5.77. The number of aryl methyl sites for hydroxylation is 1. The highest BCUT2D eigenvalue weighted by atomic mass is 127. The number of hydrogen-bond acceptors (Lipinski definition) is 1. The van der Waals surface area contributed by atoms with Crippen LogP contribution >= 0.6 is 50.1 Å². The van der Waals surface area contributed by atoms with E-state index < -0.39 is 0 Å². The predicted octanol–water partition coefficient (Wildman–Crippen LogP) is 5.75. The highest BCUT2D eigenvalue weighted by Gasteiger charge is 2.15. The van der Waals surface area contributed by atoms with Crippen LogP contribution in [0, 0.1) is 10.5 Å². The summed E-state index contributed by atoms with van der Waals surface area (Å²) in [5, 5.41) is 0.632. The van der Waals surface area contributed by atoms with E-state index in [9.17, 15) is 0 Å². The van der Waals surface area contributed by atoms with E-state index in [-0.39, 0.29) is 4.83 Å². The molecule has 0 saturated carbocycles. The van der Waals surface area contributed by atoms with E-state index in [0.29, 0.717) is 10.8 Å². The van der Waals surface area contributed by atoms with Gasteiger partial charge in [0, 0.05) is 3.57 Å². The quantitative estimate of drug-likeness (QED) is 0.427. The van der Waals surface area contributed by atoms with Crippen molar-refractivity contribution in [2.75, 3.05) is 7.11 Å². The highest BCUT2D eigenvalue weighted by molar-refractivity contribution is 14.1. The van der Waals surface area contributed by atoms with Crippen molar-refractivity contribution < 1.29 is 4.74 Å². The molecule has 2 aromatic rings. The van der Waals surface area contributed by atoms with E-state index in [1.807, 2.05) is 18.2 Å². The second kappa shape index (κ2) is 6.46. The topological polar surface area (TPSA) is 9.23 Å². The number of rotatable bonds is 3. The number of alkyl halides is 1. The van der Waals surface area contributed by atoms with Gasteiger partial charge < -0.3 is 4.74 Å². The first-order chi connectivity index (χ1) is 9.04. The standard InChI is InChI=1S/C15H13BrClIO/c1-9-4-3-5-11(15(9)18)14(16)10-6-7-13(19-2)12(17)8-10/h3-8,14H,1-2H3. The molecule has 0 heterocycles. The van der Waals surface area contributed by atoms with Crippen molar-refractivity contribution in [2.45, 2.75) is 11.8 Å². The highest BCUT2D eigenvalue weighted by Crippen LogP contribution is 2.37. The van der Waals surface area contributed by atoms with Gasteiger partial charge in [-0.15, -0.1) is 0 Å². The van der Waals surface area contributed by atoms with Gasteiger partial charge in [-0.2, -0.15) is 0 Å². The Hall–Kier alpha value is -0.260. The molecule has 1 unspecified atom stereocenters. The molecule has 19 heavy (non-hydrogen) atoms. The summed E-state index contributed by atoms with van der Waals surface area (Å²) in [6.07, 6.45) is 0. The van der Waals surface area contributed by atoms with Crippen LogP contribution in [0.15, 0.2) is 36.4 Å². The van der Waals surface area contributed by atoms with Gasteiger partial charge in [-0.05, 0) is 58.3 Å². The summed E-state index contributed by atoms with van der Waals surface area (Å²) in [5.41, 5.74) is 3.65. The van der Waals surface area contributed by atoms with Crippen molar-refractivity contribution in [3.05, 3.63) is 61.7 Å². The lowest BCUT2D eigenvalue weighted by molar-refractivity contribution is 0.415. The normalized spacial score (nSPS) is 12.3. The Labute approximate surface area is 140 Å². The molecule has 0 aliphatic heterocycles.